The lowest BCUT2D eigenvalue weighted by atomic mass is 10.1. The van der Waals surface area contributed by atoms with Crippen LogP contribution in [0, 0.1) is 12.7 Å². The summed E-state index contributed by atoms with van der Waals surface area (Å²) < 4.78 is 30.2. The van der Waals surface area contributed by atoms with Gasteiger partial charge in [-0.15, -0.1) is 0 Å². The van der Waals surface area contributed by atoms with E-state index in [2.05, 4.69) is 5.32 Å². The second-order valence-corrected chi connectivity index (χ2v) is 6.40. The summed E-state index contributed by atoms with van der Waals surface area (Å²) in [7, 11) is 2.98. The van der Waals surface area contributed by atoms with Crippen molar-refractivity contribution in [1.29, 1.82) is 0 Å². The van der Waals surface area contributed by atoms with Crippen molar-refractivity contribution < 1.29 is 23.4 Å². The third kappa shape index (κ3) is 4.85. The van der Waals surface area contributed by atoms with Crippen LogP contribution in [0.4, 0.5) is 10.1 Å². The SMILES string of the molecule is COc1cc(C(=O)Nc2cc(F)ccc2C)cc(OC)c1OCc1ccccc1. The highest BCUT2D eigenvalue weighted by atomic mass is 19.1. The molecular weight excluding hydrogens is 373 g/mol. The Bertz CT molecular complexity index is 980. The van der Waals surface area contributed by atoms with Crippen molar-refractivity contribution in [2.45, 2.75) is 13.5 Å². The molecule has 0 atom stereocenters. The molecule has 0 saturated heterocycles. The van der Waals surface area contributed by atoms with Gasteiger partial charge in [0.25, 0.3) is 5.91 Å². The molecule has 0 aromatic heterocycles. The lowest BCUT2D eigenvalue weighted by Crippen LogP contribution is -2.14. The van der Waals surface area contributed by atoms with E-state index < -0.39 is 11.7 Å². The number of rotatable bonds is 7. The van der Waals surface area contributed by atoms with Crippen LogP contribution in [0.2, 0.25) is 0 Å². The van der Waals surface area contributed by atoms with Crippen LogP contribution in [0.15, 0.2) is 60.7 Å². The molecule has 6 heteroatoms. The van der Waals surface area contributed by atoms with Crippen LogP contribution in [0.3, 0.4) is 0 Å². The molecule has 1 amide bonds. The number of methoxy groups -OCH3 is 2. The average Bonchev–Trinajstić information content (AvgIpc) is 2.74. The molecule has 0 fully saturated rings. The van der Waals surface area contributed by atoms with Crippen LogP contribution in [-0.2, 0) is 6.61 Å². The molecule has 0 spiro atoms. The Balaban J connectivity index is 1.86. The smallest absolute Gasteiger partial charge is 0.255 e. The van der Waals surface area contributed by atoms with Gasteiger partial charge in [-0.1, -0.05) is 36.4 Å². The molecular formula is C23H22FNO4. The lowest BCUT2D eigenvalue weighted by Gasteiger charge is -2.16. The number of carbonyl (C=O) groups excluding carboxylic acids is 1. The number of amides is 1. The first kappa shape index (κ1) is 20.2. The van der Waals surface area contributed by atoms with E-state index in [0.29, 0.717) is 35.1 Å². The molecule has 3 aromatic carbocycles. The number of benzene rings is 3. The minimum Gasteiger partial charge on any atom is -0.493 e. The lowest BCUT2D eigenvalue weighted by molar-refractivity contribution is 0.102. The monoisotopic (exact) mass is 395 g/mol. The topological polar surface area (TPSA) is 56.8 Å². The van der Waals surface area contributed by atoms with E-state index in [1.807, 2.05) is 30.3 Å². The highest BCUT2D eigenvalue weighted by Gasteiger charge is 2.18. The van der Waals surface area contributed by atoms with Crippen molar-refractivity contribution >= 4 is 11.6 Å². The van der Waals surface area contributed by atoms with Crippen LogP contribution >= 0.6 is 0 Å². The molecule has 0 unspecified atom stereocenters. The van der Waals surface area contributed by atoms with Crippen molar-refractivity contribution in [1.82, 2.24) is 0 Å². The normalized spacial score (nSPS) is 10.3. The molecule has 0 aliphatic heterocycles. The van der Waals surface area contributed by atoms with Crippen molar-refractivity contribution in [2.24, 2.45) is 0 Å². The summed E-state index contributed by atoms with van der Waals surface area (Å²) in [5.74, 6) is 0.288. The van der Waals surface area contributed by atoms with Gasteiger partial charge in [-0.05, 0) is 42.3 Å². The van der Waals surface area contributed by atoms with Gasteiger partial charge in [-0.25, -0.2) is 4.39 Å². The molecule has 0 bridgehead atoms. The predicted molar refractivity (Wildman–Crippen MR) is 109 cm³/mol. The maximum absolute atomic E-state index is 13.5. The molecule has 0 saturated carbocycles. The minimum atomic E-state index is -0.425. The van der Waals surface area contributed by atoms with Crippen LogP contribution in [0.1, 0.15) is 21.5 Å². The summed E-state index contributed by atoms with van der Waals surface area (Å²) in [6.45, 7) is 2.11. The Hall–Kier alpha value is -3.54. The fourth-order valence-corrected chi connectivity index (χ4v) is 2.81. The number of halogens is 1. The van der Waals surface area contributed by atoms with Crippen LogP contribution in [0.25, 0.3) is 0 Å². The second-order valence-electron chi connectivity index (χ2n) is 6.40. The Morgan fingerprint density at radius 2 is 1.62 bits per heavy atom. The highest BCUT2D eigenvalue weighted by molar-refractivity contribution is 6.05. The van der Waals surface area contributed by atoms with E-state index in [1.165, 1.54) is 26.4 Å². The number of nitrogens with one attached hydrogen (secondary N) is 1. The van der Waals surface area contributed by atoms with Gasteiger partial charge < -0.3 is 19.5 Å². The van der Waals surface area contributed by atoms with Gasteiger partial charge in [-0.3, -0.25) is 4.79 Å². The number of aryl methyl sites for hydroxylation is 1. The van der Waals surface area contributed by atoms with E-state index in [9.17, 15) is 9.18 Å². The predicted octanol–water partition coefficient (Wildman–Crippen LogP) is 4.98. The van der Waals surface area contributed by atoms with Crippen molar-refractivity contribution in [3.63, 3.8) is 0 Å². The minimum absolute atomic E-state index is 0.300. The number of anilines is 1. The number of ether oxygens (including phenoxy) is 3. The molecule has 3 rings (SSSR count). The number of hydrogen-bond donors (Lipinski definition) is 1. The fraction of sp³-hybridized carbons (Fsp3) is 0.174. The van der Waals surface area contributed by atoms with Crippen LogP contribution in [0.5, 0.6) is 17.2 Å². The van der Waals surface area contributed by atoms with Crippen LogP contribution in [-0.4, -0.2) is 20.1 Å². The molecule has 29 heavy (non-hydrogen) atoms. The van der Waals surface area contributed by atoms with Gasteiger partial charge in [0.1, 0.15) is 12.4 Å². The zero-order valence-electron chi connectivity index (χ0n) is 16.5. The van der Waals surface area contributed by atoms with Crippen LogP contribution < -0.4 is 19.5 Å². The second kappa shape index (κ2) is 9.10. The van der Waals surface area contributed by atoms with Crippen molar-refractivity contribution in [3.8, 4) is 17.2 Å². The Morgan fingerprint density at radius 1 is 0.966 bits per heavy atom. The third-order valence-corrected chi connectivity index (χ3v) is 4.40. The van der Waals surface area contributed by atoms with E-state index in [0.717, 1.165) is 11.1 Å². The van der Waals surface area contributed by atoms with Crippen molar-refractivity contribution in [2.75, 3.05) is 19.5 Å². The van der Waals surface area contributed by atoms with E-state index >= 15 is 0 Å². The summed E-state index contributed by atoms with van der Waals surface area (Å²) in [6, 6.07) is 17.0. The van der Waals surface area contributed by atoms with Gasteiger partial charge >= 0.3 is 0 Å². The van der Waals surface area contributed by atoms with E-state index in [4.69, 9.17) is 14.2 Å². The zero-order chi connectivity index (χ0) is 20.8. The Morgan fingerprint density at radius 3 is 2.24 bits per heavy atom. The summed E-state index contributed by atoms with van der Waals surface area (Å²) in [5, 5.41) is 2.72. The van der Waals surface area contributed by atoms with Crippen molar-refractivity contribution in [3.05, 3.63) is 83.2 Å². The third-order valence-electron chi connectivity index (χ3n) is 4.40. The molecule has 3 aromatic rings. The first-order valence-electron chi connectivity index (χ1n) is 9.02. The molecule has 0 aliphatic rings. The zero-order valence-corrected chi connectivity index (χ0v) is 16.5. The number of carbonyl (C=O) groups is 1. The average molecular weight is 395 g/mol. The molecule has 150 valence electrons. The fourth-order valence-electron chi connectivity index (χ4n) is 2.81. The van der Waals surface area contributed by atoms with Gasteiger partial charge in [0.05, 0.1) is 14.2 Å². The molecule has 0 aliphatic carbocycles. The van der Waals surface area contributed by atoms with Gasteiger partial charge in [0.2, 0.25) is 5.75 Å². The largest absolute Gasteiger partial charge is 0.493 e. The first-order chi connectivity index (χ1) is 14.0. The summed E-state index contributed by atoms with van der Waals surface area (Å²) in [4.78, 5) is 12.7. The maximum Gasteiger partial charge on any atom is 0.255 e. The Kier molecular flexibility index (Phi) is 6.34. The maximum atomic E-state index is 13.5. The summed E-state index contributed by atoms with van der Waals surface area (Å²) >= 11 is 0. The molecule has 0 radical (unpaired) electrons. The Labute approximate surface area is 169 Å². The molecule has 1 N–H and O–H groups in total. The van der Waals surface area contributed by atoms with E-state index in [1.54, 1.807) is 25.1 Å². The van der Waals surface area contributed by atoms with E-state index in [-0.39, 0.29) is 0 Å². The quantitative estimate of drug-likeness (QED) is 0.613. The first-order valence-corrected chi connectivity index (χ1v) is 9.02. The molecule has 0 heterocycles. The van der Waals surface area contributed by atoms with Gasteiger partial charge in [0, 0.05) is 11.3 Å². The molecule has 5 nitrogen and oxygen atoms in total. The van der Waals surface area contributed by atoms with Gasteiger partial charge in [-0.2, -0.15) is 0 Å². The number of hydrogen-bond acceptors (Lipinski definition) is 4. The summed E-state index contributed by atoms with van der Waals surface area (Å²) in [5.41, 5.74) is 2.44. The standard InChI is InChI=1S/C23H22FNO4/c1-15-9-10-18(24)13-19(15)25-23(26)17-11-20(27-2)22(21(12-17)28-3)29-14-16-7-5-4-6-8-16/h4-13H,14H2,1-3H3,(H,25,26). The van der Waals surface area contributed by atoms with Gasteiger partial charge in [0.15, 0.2) is 11.5 Å². The summed E-state index contributed by atoms with van der Waals surface area (Å²) in [6.07, 6.45) is 0. The highest BCUT2D eigenvalue weighted by Crippen LogP contribution is 2.39.